The van der Waals surface area contributed by atoms with Crippen molar-refractivity contribution in [1.29, 1.82) is 0 Å². The Morgan fingerprint density at radius 1 is 1.19 bits per heavy atom. The van der Waals surface area contributed by atoms with Crippen molar-refractivity contribution in [1.82, 2.24) is 9.97 Å². The fraction of sp³-hybridized carbons (Fsp3) is 0.111. The number of halogens is 1. The molecule has 0 aliphatic heterocycles. The summed E-state index contributed by atoms with van der Waals surface area (Å²) in [6.07, 6.45) is 1.62. The molecule has 0 aliphatic rings. The van der Waals surface area contributed by atoms with Gasteiger partial charge in [-0.1, -0.05) is 12.1 Å². The summed E-state index contributed by atoms with van der Waals surface area (Å²) in [6.45, 7) is -0.452. The molecule has 132 valence electrons. The van der Waals surface area contributed by atoms with Crippen LogP contribution in [0, 0.1) is 5.82 Å². The maximum absolute atomic E-state index is 13.1. The van der Waals surface area contributed by atoms with Crippen LogP contribution in [0.15, 0.2) is 54.0 Å². The van der Waals surface area contributed by atoms with Gasteiger partial charge in [-0.2, -0.15) is 0 Å². The van der Waals surface area contributed by atoms with Crippen molar-refractivity contribution < 1.29 is 18.7 Å². The van der Waals surface area contributed by atoms with Crippen molar-refractivity contribution in [3.63, 3.8) is 0 Å². The van der Waals surface area contributed by atoms with Gasteiger partial charge < -0.3 is 10.1 Å². The van der Waals surface area contributed by atoms with E-state index >= 15 is 0 Å². The lowest BCUT2D eigenvalue weighted by Gasteiger charge is -2.06. The third kappa shape index (κ3) is 4.93. The Balaban J connectivity index is 1.48. The third-order valence-electron chi connectivity index (χ3n) is 3.23. The van der Waals surface area contributed by atoms with E-state index in [1.165, 1.54) is 35.6 Å². The zero-order chi connectivity index (χ0) is 18.4. The Morgan fingerprint density at radius 2 is 2.08 bits per heavy atom. The number of pyridine rings is 1. The molecule has 3 rings (SSSR count). The number of nitrogens with zero attached hydrogens (tertiary/aromatic N) is 2. The molecule has 26 heavy (non-hydrogen) atoms. The quantitative estimate of drug-likeness (QED) is 0.674. The number of nitrogens with one attached hydrogen (secondary N) is 1. The first-order valence-electron chi connectivity index (χ1n) is 7.67. The molecule has 0 saturated carbocycles. The predicted octanol–water partition coefficient (Wildman–Crippen LogP) is 3.07. The monoisotopic (exact) mass is 371 g/mol. The molecule has 8 heteroatoms. The van der Waals surface area contributed by atoms with Crippen LogP contribution in [0.4, 0.5) is 10.1 Å². The highest BCUT2D eigenvalue weighted by atomic mass is 32.1. The number of hydrogen-bond donors (Lipinski definition) is 1. The van der Waals surface area contributed by atoms with Gasteiger partial charge in [-0.15, -0.1) is 11.3 Å². The minimum Gasteiger partial charge on any atom is -0.455 e. The van der Waals surface area contributed by atoms with E-state index in [0.717, 1.165) is 5.69 Å². The molecule has 1 N–H and O–H groups in total. The SMILES string of the molecule is O=C(COC(=O)Cc1csc(-c2ccccn2)n1)Nc1cccc(F)c1. The molecule has 1 amide bonds. The largest absolute Gasteiger partial charge is 0.455 e. The van der Waals surface area contributed by atoms with Gasteiger partial charge in [0, 0.05) is 17.3 Å². The first-order valence-corrected chi connectivity index (χ1v) is 8.55. The van der Waals surface area contributed by atoms with Crippen LogP contribution in [0.2, 0.25) is 0 Å². The lowest BCUT2D eigenvalue weighted by atomic mass is 10.3. The highest BCUT2D eigenvalue weighted by Crippen LogP contribution is 2.21. The number of hydrogen-bond acceptors (Lipinski definition) is 6. The first kappa shape index (κ1) is 17.7. The van der Waals surface area contributed by atoms with E-state index in [1.807, 2.05) is 18.2 Å². The van der Waals surface area contributed by atoms with E-state index in [1.54, 1.807) is 11.6 Å². The number of amides is 1. The first-order chi connectivity index (χ1) is 12.6. The summed E-state index contributed by atoms with van der Waals surface area (Å²) >= 11 is 1.38. The summed E-state index contributed by atoms with van der Waals surface area (Å²) in [7, 11) is 0. The van der Waals surface area contributed by atoms with E-state index in [4.69, 9.17) is 4.74 Å². The van der Waals surface area contributed by atoms with Crippen LogP contribution in [0.3, 0.4) is 0 Å². The van der Waals surface area contributed by atoms with Gasteiger partial charge in [-0.05, 0) is 30.3 Å². The minimum absolute atomic E-state index is 0.0451. The number of carbonyl (C=O) groups excluding carboxylic acids is 2. The number of aromatic nitrogens is 2. The van der Waals surface area contributed by atoms with Gasteiger partial charge >= 0.3 is 5.97 Å². The summed E-state index contributed by atoms with van der Waals surface area (Å²) in [5.74, 6) is -1.58. The molecule has 0 fully saturated rings. The zero-order valence-corrected chi connectivity index (χ0v) is 14.3. The topological polar surface area (TPSA) is 81.2 Å². The van der Waals surface area contributed by atoms with E-state index < -0.39 is 24.3 Å². The molecule has 6 nitrogen and oxygen atoms in total. The third-order valence-corrected chi connectivity index (χ3v) is 4.15. The average Bonchev–Trinajstić information content (AvgIpc) is 3.09. The van der Waals surface area contributed by atoms with Crippen molar-refractivity contribution in [2.45, 2.75) is 6.42 Å². The van der Waals surface area contributed by atoms with Crippen molar-refractivity contribution in [2.75, 3.05) is 11.9 Å². The number of carbonyl (C=O) groups is 2. The lowest BCUT2D eigenvalue weighted by Crippen LogP contribution is -2.21. The van der Waals surface area contributed by atoms with Gasteiger partial charge in [0.1, 0.15) is 10.8 Å². The second kappa shape index (κ2) is 8.30. The Morgan fingerprint density at radius 3 is 2.85 bits per heavy atom. The molecule has 1 aromatic carbocycles. The van der Waals surface area contributed by atoms with Crippen LogP contribution < -0.4 is 5.32 Å². The molecule has 2 heterocycles. The molecule has 0 radical (unpaired) electrons. The van der Waals surface area contributed by atoms with E-state index in [2.05, 4.69) is 15.3 Å². The maximum Gasteiger partial charge on any atom is 0.312 e. The van der Waals surface area contributed by atoms with Crippen LogP contribution in [0.1, 0.15) is 5.69 Å². The van der Waals surface area contributed by atoms with Gasteiger partial charge in [-0.3, -0.25) is 14.6 Å². The summed E-state index contributed by atoms with van der Waals surface area (Å²) in [4.78, 5) is 32.1. The zero-order valence-electron chi connectivity index (χ0n) is 13.5. The van der Waals surface area contributed by atoms with Crippen molar-refractivity contribution in [2.24, 2.45) is 0 Å². The van der Waals surface area contributed by atoms with E-state index in [0.29, 0.717) is 16.4 Å². The Bertz CT molecular complexity index is 915. The van der Waals surface area contributed by atoms with Crippen molar-refractivity contribution in [3.8, 4) is 10.7 Å². The Hall–Kier alpha value is -3.13. The number of rotatable bonds is 6. The van der Waals surface area contributed by atoms with Gasteiger partial charge in [-0.25, -0.2) is 9.37 Å². The summed E-state index contributed by atoms with van der Waals surface area (Å²) < 4.78 is 18.0. The number of esters is 1. The molecule has 0 aliphatic carbocycles. The fourth-order valence-electron chi connectivity index (χ4n) is 2.10. The van der Waals surface area contributed by atoms with Gasteiger partial charge in [0.25, 0.3) is 5.91 Å². The molecule has 0 spiro atoms. The normalized spacial score (nSPS) is 10.3. The highest BCUT2D eigenvalue weighted by Gasteiger charge is 2.12. The molecular formula is C18H14FN3O3S. The number of benzene rings is 1. The van der Waals surface area contributed by atoms with Crippen molar-refractivity contribution in [3.05, 3.63) is 65.6 Å². The van der Waals surface area contributed by atoms with Crippen LogP contribution >= 0.6 is 11.3 Å². The van der Waals surface area contributed by atoms with Gasteiger partial charge in [0.2, 0.25) is 0 Å². The molecule has 0 bridgehead atoms. The number of thiazole rings is 1. The molecule has 0 saturated heterocycles. The van der Waals surface area contributed by atoms with E-state index in [9.17, 15) is 14.0 Å². The van der Waals surface area contributed by atoms with Crippen LogP contribution in [-0.4, -0.2) is 28.5 Å². The Kier molecular flexibility index (Phi) is 5.65. The number of anilines is 1. The number of ether oxygens (including phenoxy) is 1. The second-order valence-electron chi connectivity index (χ2n) is 5.25. The smallest absolute Gasteiger partial charge is 0.312 e. The second-order valence-corrected chi connectivity index (χ2v) is 6.11. The van der Waals surface area contributed by atoms with Gasteiger partial charge in [0.05, 0.1) is 17.8 Å². The van der Waals surface area contributed by atoms with E-state index in [-0.39, 0.29) is 6.42 Å². The minimum atomic E-state index is -0.572. The Labute approximate surface area is 152 Å². The lowest BCUT2D eigenvalue weighted by molar-refractivity contribution is -0.146. The van der Waals surface area contributed by atoms with Crippen LogP contribution in [0.5, 0.6) is 0 Å². The molecule has 0 atom stereocenters. The predicted molar refractivity (Wildman–Crippen MR) is 95.0 cm³/mol. The standard InChI is InChI=1S/C18H14FN3O3S/c19-12-4-3-5-13(8-12)21-16(23)10-25-17(24)9-14-11-26-18(22-14)15-6-1-2-7-20-15/h1-8,11H,9-10H2,(H,21,23). The van der Waals surface area contributed by atoms with Crippen LogP contribution in [0.25, 0.3) is 10.7 Å². The summed E-state index contributed by atoms with van der Waals surface area (Å²) in [5.41, 5.74) is 1.57. The summed E-state index contributed by atoms with van der Waals surface area (Å²) in [6, 6.07) is 10.9. The van der Waals surface area contributed by atoms with Crippen molar-refractivity contribution >= 4 is 28.9 Å². The molecular weight excluding hydrogens is 357 g/mol. The van der Waals surface area contributed by atoms with Gasteiger partial charge in [0.15, 0.2) is 6.61 Å². The van der Waals surface area contributed by atoms with Crippen LogP contribution in [-0.2, 0) is 20.7 Å². The molecule has 2 aromatic heterocycles. The average molecular weight is 371 g/mol. The highest BCUT2D eigenvalue weighted by molar-refractivity contribution is 7.13. The molecule has 3 aromatic rings. The maximum atomic E-state index is 13.1. The molecule has 0 unspecified atom stereocenters. The summed E-state index contributed by atoms with van der Waals surface area (Å²) in [5, 5.41) is 4.90. The fourth-order valence-corrected chi connectivity index (χ4v) is 2.90.